The molecule has 0 unspecified atom stereocenters. The molecule has 1 amide bonds. The summed E-state index contributed by atoms with van der Waals surface area (Å²) in [5.41, 5.74) is 7.37. The summed E-state index contributed by atoms with van der Waals surface area (Å²) in [5.74, 6) is 1.04. The molecule has 3 N–H and O–H groups in total. The Balaban J connectivity index is 2.14. The standard InChI is InChI=1S/C16H18N2O3/c1-3-21-13-7-4-11(5-8-13)16(19)18-14-9-6-12(17)10-15(14)20-2/h4-10H,3,17H2,1-2H3,(H,18,19). The molecule has 0 saturated carbocycles. The van der Waals surface area contributed by atoms with Crippen LogP contribution < -0.4 is 20.5 Å². The number of nitrogens with two attached hydrogens (primary N) is 1. The first kappa shape index (κ1) is 14.7. The first-order chi connectivity index (χ1) is 10.1. The van der Waals surface area contributed by atoms with Gasteiger partial charge in [0.1, 0.15) is 11.5 Å². The second kappa shape index (κ2) is 6.65. The van der Waals surface area contributed by atoms with Gasteiger partial charge >= 0.3 is 0 Å². The van der Waals surface area contributed by atoms with E-state index in [-0.39, 0.29) is 5.91 Å². The van der Waals surface area contributed by atoms with Gasteiger partial charge in [0.2, 0.25) is 0 Å². The minimum absolute atomic E-state index is 0.221. The number of ether oxygens (including phenoxy) is 2. The number of benzene rings is 2. The molecule has 21 heavy (non-hydrogen) atoms. The SMILES string of the molecule is CCOc1ccc(C(=O)Nc2ccc(N)cc2OC)cc1. The second-order valence-electron chi connectivity index (χ2n) is 4.37. The number of rotatable bonds is 5. The number of carbonyl (C=O) groups is 1. The first-order valence-corrected chi connectivity index (χ1v) is 6.61. The van der Waals surface area contributed by atoms with Crippen molar-refractivity contribution in [2.24, 2.45) is 0 Å². The molecule has 0 aliphatic heterocycles. The maximum absolute atomic E-state index is 12.2. The molecule has 5 nitrogen and oxygen atoms in total. The van der Waals surface area contributed by atoms with E-state index in [0.29, 0.717) is 29.3 Å². The van der Waals surface area contributed by atoms with Crippen molar-refractivity contribution in [1.82, 2.24) is 0 Å². The van der Waals surface area contributed by atoms with Crippen LogP contribution in [0.5, 0.6) is 11.5 Å². The number of anilines is 2. The van der Waals surface area contributed by atoms with Crippen LogP contribution in [0.3, 0.4) is 0 Å². The molecular formula is C16H18N2O3. The normalized spacial score (nSPS) is 10.0. The van der Waals surface area contributed by atoms with Gasteiger partial charge < -0.3 is 20.5 Å². The third-order valence-electron chi connectivity index (χ3n) is 2.90. The Morgan fingerprint density at radius 2 is 1.90 bits per heavy atom. The van der Waals surface area contributed by atoms with Crippen molar-refractivity contribution in [3.63, 3.8) is 0 Å². The summed E-state index contributed by atoms with van der Waals surface area (Å²) in [5, 5.41) is 2.80. The molecule has 0 saturated heterocycles. The van der Waals surface area contributed by atoms with Gasteiger partial charge in [-0.2, -0.15) is 0 Å². The smallest absolute Gasteiger partial charge is 0.255 e. The Morgan fingerprint density at radius 3 is 2.52 bits per heavy atom. The summed E-state index contributed by atoms with van der Waals surface area (Å²) in [4.78, 5) is 12.2. The van der Waals surface area contributed by atoms with Gasteiger partial charge in [0.15, 0.2) is 0 Å². The number of nitrogen functional groups attached to an aromatic ring is 1. The Labute approximate surface area is 123 Å². The van der Waals surface area contributed by atoms with Crippen LogP contribution in [0.1, 0.15) is 17.3 Å². The molecule has 0 radical (unpaired) electrons. The van der Waals surface area contributed by atoms with Gasteiger partial charge in [0, 0.05) is 17.3 Å². The van der Waals surface area contributed by atoms with Crippen LogP contribution in [0, 0.1) is 0 Å². The molecule has 2 rings (SSSR count). The van der Waals surface area contributed by atoms with Gasteiger partial charge in [-0.1, -0.05) is 0 Å². The zero-order chi connectivity index (χ0) is 15.2. The first-order valence-electron chi connectivity index (χ1n) is 6.61. The largest absolute Gasteiger partial charge is 0.494 e. The third kappa shape index (κ3) is 3.66. The van der Waals surface area contributed by atoms with E-state index < -0.39 is 0 Å². The number of methoxy groups -OCH3 is 1. The second-order valence-corrected chi connectivity index (χ2v) is 4.37. The molecule has 0 bridgehead atoms. The van der Waals surface area contributed by atoms with Gasteiger partial charge in [0.05, 0.1) is 19.4 Å². The highest BCUT2D eigenvalue weighted by atomic mass is 16.5. The molecule has 0 atom stereocenters. The number of carbonyl (C=O) groups excluding carboxylic acids is 1. The molecule has 110 valence electrons. The summed E-state index contributed by atoms with van der Waals surface area (Å²) in [6, 6.07) is 12.0. The van der Waals surface area contributed by atoms with Crippen molar-refractivity contribution >= 4 is 17.3 Å². The van der Waals surface area contributed by atoms with Crippen LogP contribution in [-0.2, 0) is 0 Å². The van der Waals surface area contributed by atoms with Crippen molar-refractivity contribution < 1.29 is 14.3 Å². The fourth-order valence-corrected chi connectivity index (χ4v) is 1.87. The van der Waals surface area contributed by atoms with Crippen molar-refractivity contribution in [1.29, 1.82) is 0 Å². The molecule has 2 aromatic carbocycles. The summed E-state index contributed by atoms with van der Waals surface area (Å²) < 4.78 is 10.5. The monoisotopic (exact) mass is 286 g/mol. The third-order valence-corrected chi connectivity index (χ3v) is 2.90. The molecule has 0 aromatic heterocycles. The Bertz CT molecular complexity index is 624. The lowest BCUT2D eigenvalue weighted by Crippen LogP contribution is -2.12. The summed E-state index contributed by atoms with van der Waals surface area (Å²) in [7, 11) is 1.53. The number of hydrogen-bond donors (Lipinski definition) is 2. The minimum Gasteiger partial charge on any atom is -0.494 e. The molecule has 0 fully saturated rings. The molecule has 0 aliphatic rings. The van der Waals surface area contributed by atoms with Crippen LogP contribution in [0.25, 0.3) is 0 Å². The topological polar surface area (TPSA) is 73.6 Å². The number of hydrogen-bond acceptors (Lipinski definition) is 4. The van der Waals surface area contributed by atoms with Crippen LogP contribution in [0.15, 0.2) is 42.5 Å². The highest BCUT2D eigenvalue weighted by Gasteiger charge is 2.10. The molecule has 0 spiro atoms. The number of nitrogens with one attached hydrogen (secondary N) is 1. The van der Waals surface area contributed by atoms with E-state index in [4.69, 9.17) is 15.2 Å². The van der Waals surface area contributed by atoms with Gasteiger partial charge in [-0.3, -0.25) is 4.79 Å². The summed E-state index contributed by atoms with van der Waals surface area (Å²) in [6.45, 7) is 2.50. The minimum atomic E-state index is -0.221. The average molecular weight is 286 g/mol. The fraction of sp³-hybridized carbons (Fsp3) is 0.188. The van der Waals surface area contributed by atoms with Crippen molar-refractivity contribution in [3.05, 3.63) is 48.0 Å². The molecule has 0 aliphatic carbocycles. The lowest BCUT2D eigenvalue weighted by molar-refractivity contribution is 0.102. The van der Waals surface area contributed by atoms with Crippen LogP contribution in [-0.4, -0.2) is 19.6 Å². The van der Waals surface area contributed by atoms with Gasteiger partial charge in [-0.25, -0.2) is 0 Å². The lowest BCUT2D eigenvalue weighted by atomic mass is 10.2. The highest BCUT2D eigenvalue weighted by Crippen LogP contribution is 2.27. The van der Waals surface area contributed by atoms with E-state index in [1.165, 1.54) is 7.11 Å². The van der Waals surface area contributed by atoms with Crippen molar-refractivity contribution in [3.8, 4) is 11.5 Å². The molecular weight excluding hydrogens is 268 g/mol. The van der Waals surface area contributed by atoms with Crippen LogP contribution in [0.2, 0.25) is 0 Å². The zero-order valence-corrected chi connectivity index (χ0v) is 12.1. The number of amides is 1. The Hall–Kier alpha value is -2.69. The van der Waals surface area contributed by atoms with Crippen LogP contribution in [0.4, 0.5) is 11.4 Å². The van der Waals surface area contributed by atoms with E-state index in [1.54, 1.807) is 42.5 Å². The molecule has 5 heteroatoms. The predicted molar refractivity (Wildman–Crippen MR) is 83.0 cm³/mol. The van der Waals surface area contributed by atoms with Crippen molar-refractivity contribution in [2.75, 3.05) is 24.8 Å². The Kier molecular flexibility index (Phi) is 4.66. The van der Waals surface area contributed by atoms with E-state index >= 15 is 0 Å². The van der Waals surface area contributed by atoms with Crippen molar-refractivity contribution in [2.45, 2.75) is 6.92 Å². The van der Waals surface area contributed by atoms with E-state index in [1.807, 2.05) is 6.92 Å². The molecule has 2 aromatic rings. The van der Waals surface area contributed by atoms with E-state index in [0.717, 1.165) is 5.75 Å². The predicted octanol–water partition coefficient (Wildman–Crippen LogP) is 2.93. The van der Waals surface area contributed by atoms with Gasteiger partial charge in [-0.05, 0) is 43.3 Å². The lowest BCUT2D eigenvalue weighted by Gasteiger charge is -2.11. The Morgan fingerprint density at radius 1 is 1.19 bits per heavy atom. The van der Waals surface area contributed by atoms with E-state index in [2.05, 4.69) is 5.32 Å². The average Bonchev–Trinajstić information content (AvgIpc) is 2.50. The summed E-state index contributed by atoms with van der Waals surface area (Å²) >= 11 is 0. The maximum atomic E-state index is 12.2. The summed E-state index contributed by atoms with van der Waals surface area (Å²) in [6.07, 6.45) is 0. The van der Waals surface area contributed by atoms with Gasteiger partial charge in [0.25, 0.3) is 5.91 Å². The fourth-order valence-electron chi connectivity index (χ4n) is 1.87. The molecule has 0 heterocycles. The highest BCUT2D eigenvalue weighted by molar-refractivity contribution is 6.05. The zero-order valence-electron chi connectivity index (χ0n) is 12.1. The quantitative estimate of drug-likeness (QED) is 0.829. The van der Waals surface area contributed by atoms with E-state index in [9.17, 15) is 4.79 Å². The van der Waals surface area contributed by atoms with Gasteiger partial charge in [-0.15, -0.1) is 0 Å². The van der Waals surface area contributed by atoms with Crippen LogP contribution >= 0.6 is 0 Å². The maximum Gasteiger partial charge on any atom is 0.255 e.